The summed E-state index contributed by atoms with van der Waals surface area (Å²) in [6.07, 6.45) is 0. The summed E-state index contributed by atoms with van der Waals surface area (Å²) in [6, 6.07) is 53.6. The van der Waals surface area contributed by atoms with Gasteiger partial charge >= 0.3 is 0 Å². The van der Waals surface area contributed by atoms with Gasteiger partial charge in [-0.2, -0.15) is 0 Å². The maximum atomic E-state index is 8.95. The van der Waals surface area contributed by atoms with Gasteiger partial charge < -0.3 is 18.3 Å². The van der Waals surface area contributed by atoms with Crippen LogP contribution in [0.2, 0.25) is 0 Å². The summed E-state index contributed by atoms with van der Waals surface area (Å²) in [4.78, 5) is 1.73. The second kappa shape index (κ2) is 12.0. The highest BCUT2D eigenvalue weighted by Gasteiger charge is 2.18. The SMILES string of the molecule is [2H]c1c([2H])c([2H])c(N(c2ccc(-c3ccc4oc5c6cc7c8ccccc8n(-c8ccccc8)c7cc6ccc5c4c3)cc2)c2ccc3oc4ccccc4c3c2)c([2H])c1[2H]. The highest BCUT2D eigenvalue weighted by molar-refractivity contribution is 6.21. The fourth-order valence-electron chi connectivity index (χ4n) is 8.47. The minimum atomic E-state index is -0.440. The quantitative estimate of drug-likeness (QED) is 0.177. The molecule has 12 aromatic rings. The molecule has 0 amide bonds. The molecule has 262 valence electrons. The lowest BCUT2D eigenvalue weighted by molar-refractivity contribution is 0.669. The van der Waals surface area contributed by atoms with Crippen LogP contribution in [0.1, 0.15) is 6.85 Å². The van der Waals surface area contributed by atoms with Crippen molar-refractivity contribution in [1.29, 1.82) is 0 Å². The van der Waals surface area contributed by atoms with Gasteiger partial charge in [0.05, 0.1) is 17.9 Å². The van der Waals surface area contributed by atoms with Gasteiger partial charge in [-0.15, -0.1) is 0 Å². The van der Waals surface area contributed by atoms with E-state index in [1.165, 1.54) is 5.39 Å². The van der Waals surface area contributed by atoms with Gasteiger partial charge in [0.25, 0.3) is 0 Å². The Bertz CT molecular complexity index is 3750. The predicted octanol–water partition coefficient (Wildman–Crippen LogP) is 14.9. The van der Waals surface area contributed by atoms with Crippen LogP contribution in [0.4, 0.5) is 17.1 Å². The summed E-state index contributed by atoms with van der Waals surface area (Å²) in [5, 5.41) is 8.32. The molecule has 0 saturated carbocycles. The molecule has 0 bridgehead atoms. The molecule has 0 aliphatic rings. The number of aromatic nitrogens is 1. The summed E-state index contributed by atoms with van der Waals surface area (Å²) < 4.78 is 58.3. The Labute approximate surface area is 328 Å². The van der Waals surface area contributed by atoms with E-state index in [1.54, 1.807) is 4.90 Å². The highest BCUT2D eigenvalue weighted by Crippen LogP contribution is 2.42. The first-order valence-corrected chi connectivity index (χ1v) is 18.6. The second-order valence-electron chi connectivity index (χ2n) is 14.2. The minimum absolute atomic E-state index is 0.0614. The lowest BCUT2D eigenvalue weighted by Crippen LogP contribution is -2.09. The Hall–Kier alpha value is -7.56. The van der Waals surface area contributed by atoms with E-state index in [0.717, 1.165) is 82.3 Å². The number of benzene rings is 9. The molecule has 3 aromatic heterocycles. The van der Waals surface area contributed by atoms with Gasteiger partial charge in [-0.1, -0.05) is 97.0 Å². The summed E-state index contributed by atoms with van der Waals surface area (Å²) in [5.41, 5.74) is 9.75. The van der Waals surface area contributed by atoms with Crippen LogP contribution in [0.25, 0.3) is 93.3 Å². The molecule has 4 nitrogen and oxygen atoms in total. The number of para-hydroxylation sites is 4. The summed E-state index contributed by atoms with van der Waals surface area (Å²) in [7, 11) is 0. The second-order valence-corrected chi connectivity index (χ2v) is 14.2. The average Bonchev–Trinajstić information content (AvgIpc) is 3.98. The maximum absolute atomic E-state index is 8.95. The Balaban J connectivity index is 0.980. The average molecular weight is 722 g/mol. The number of hydrogen-bond donors (Lipinski definition) is 0. The Morgan fingerprint density at radius 3 is 1.98 bits per heavy atom. The van der Waals surface area contributed by atoms with Gasteiger partial charge in [-0.25, -0.2) is 0 Å². The van der Waals surface area contributed by atoms with E-state index in [4.69, 9.17) is 15.7 Å². The Morgan fingerprint density at radius 1 is 0.411 bits per heavy atom. The van der Waals surface area contributed by atoms with E-state index in [1.807, 2.05) is 78.9 Å². The third-order valence-electron chi connectivity index (χ3n) is 11.0. The molecule has 0 radical (unpaired) electrons. The molecule has 0 aliphatic carbocycles. The molecule has 0 atom stereocenters. The van der Waals surface area contributed by atoms with Gasteiger partial charge in [0.15, 0.2) is 0 Å². The summed E-state index contributed by atoms with van der Waals surface area (Å²) >= 11 is 0. The first-order valence-electron chi connectivity index (χ1n) is 21.1. The van der Waals surface area contributed by atoms with Crippen molar-refractivity contribution in [3.8, 4) is 16.8 Å². The molecule has 0 fully saturated rings. The van der Waals surface area contributed by atoms with Crippen LogP contribution in [0.5, 0.6) is 0 Å². The third-order valence-corrected chi connectivity index (χ3v) is 11.0. The van der Waals surface area contributed by atoms with E-state index >= 15 is 0 Å². The zero-order valence-corrected chi connectivity index (χ0v) is 29.8. The van der Waals surface area contributed by atoms with Crippen LogP contribution in [0, 0.1) is 0 Å². The molecule has 9 aromatic carbocycles. The number of nitrogens with zero attached hydrogens (tertiary/aromatic N) is 2. The van der Waals surface area contributed by atoms with Crippen LogP contribution < -0.4 is 4.90 Å². The highest BCUT2D eigenvalue weighted by atomic mass is 16.3. The van der Waals surface area contributed by atoms with Crippen molar-refractivity contribution in [2.75, 3.05) is 4.90 Å². The van der Waals surface area contributed by atoms with E-state index in [0.29, 0.717) is 17.0 Å². The molecule has 12 rings (SSSR count). The number of rotatable bonds is 5. The molecule has 56 heavy (non-hydrogen) atoms. The van der Waals surface area contributed by atoms with Crippen molar-refractivity contribution >= 4 is 93.5 Å². The van der Waals surface area contributed by atoms with E-state index in [2.05, 4.69) is 89.5 Å². The fraction of sp³-hybridized carbons (Fsp3) is 0. The molecule has 0 saturated heterocycles. The van der Waals surface area contributed by atoms with Gasteiger partial charge in [0, 0.05) is 60.5 Å². The van der Waals surface area contributed by atoms with Crippen molar-refractivity contribution < 1.29 is 15.7 Å². The molecule has 0 spiro atoms. The Morgan fingerprint density at radius 2 is 1.11 bits per heavy atom. The predicted molar refractivity (Wildman–Crippen MR) is 233 cm³/mol. The Kier molecular flexibility index (Phi) is 5.61. The van der Waals surface area contributed by atoms with E-state index in [-0.39, 0.29) is 17.8 Å². The van der Waals surface area contributed by atoms with Crippen molar-refractivity contribution in [3.63, 3.8) is 0 Å². The van der Waals surface area contributed by atoms with Crippen molar-refractivity contribution in [1.82, 2.24) is 4.57 Å². The van der Waals surface area contributed by atoms with E-state index < -0.39 is 18.1 Å². The van der Waals surface area contributed by atoms with Crippen LogP contribution in [-0.4, -0.2) is 4.57 Å². The lowest BCUT2D eigenvalue weighted by atomic mass is 10.00. The molecule has 4 heteroatoms. The van der Waals surface area contributed by atoms with Crippen LogP contribution in [-0.2, 0) is 0 Å². The summed E-state index contributed by atoms with van der Waals surface area (Å²) in [6.45, 7) is 0. The number of anilines is 3. The van der Waals surface area contributed by atoms with Crippen LogP contribution in [0.3, 0.4) is 0 Å². The van der Waals surface area contributed by atoms with Gasteiger partial charge in [-0.05, 0) is 114 Å². The smallest absolute Gasteiger partial charge is 0.143 e. The first-order chi connectivity index (χ1) is 29.8. The zero-order valence-electron chi connectivity index (χ0n) is 34.8. The fourth-order valence-corrected chi connectivity index (χ4v) is 8.47. The zero-order chi connectivity index (χ0) is 41.1. The number of furan rings is 2. The molecule has 0 aliphatic heterocycles. The maximum Gasteiger partial charge on any atom is 0.143 e. The molecular weight excluding hydrogens is 685 g/mol. The standard InChI is InChI=1S/C52H32N2O2/c1-3-11-36(12-4-1)53(39-25-28-50-46(31-39)41-16-8-10-18-49(41)55-50)38-23-19-33(20-24-38)34-22-27-51-45(29-34)42-26-21-35-30-48-44(32-43(35)52(42)56-51)40-15-7-9-17-47(40)54(48)37-13-5-2-6-14-37/h1-32H/i1D,3D,4D,11D,12D. The van der Waals surface area contributed by atoms with Crippen molar-refractivity contribution in [2.45, 2.75) is 0 Å². The minimum Gasteiger partial charge on any atom is -0.456 e. The monoisotopic (exact) mass is 721 g/mol. The molecule has 0 unspecified atom stereocenters. The van der Waals surface area contributed by atoms with Gasteiger partial charge in [0.2, 0.25) is 0 Å². The third kappa shape index (κ3) is 4.66. The largest absolute Gasteiger partial charge is 0.456 e. The van der Waals surface area contributed by atoms with Crippen molar-refractivity contribution in [2.24, 2.45) is 0 Å². The molecule has 0 N–H and O–H groups in total. The van der Waals surface area contributed by atoms with E-state index in [9.17, 15) is 0 Å². The number of hydrogen-bond acceptors (Lipinski definition) is 3. The van der Waals surface area contributed by atoms with Gasteiger partial charge in [0.1, 0.15) is 22.3 Å². The van der Waals surface area contributed by atoms with Crippen molar-refractivity contribution in [3.05, 3.63) is 194 Å². The van der Waals surface area contributed by atoms with Crippen LogP contribution >= 0.6 is 0 Å². The normalized spacial score (nSPS) is 13.2. The number of fused-ring (bicyclic) bond motifs is 11. The van der Waals surface area contributed by atoms with Gasteiger partial charge in [-0.3, -0.25) is 0 Å². The molecule has 3 heterocycles. The summed E-state index contributed by atoms with van der Waals surface area (Å²) in [5.74, 6) is 0. The lowest BCUT2D eigenvalue weighted by Gasteiger charge is -2.25. The first kappa shape index (κ1) is 26.3. The topological polar surface area (TPSA) is 34.5 Å². The molecular formula is C52H32N2O2. The van der Waals surface area contributed by atoms with Crippen LogP contribution in [0.15, 0.2) is 203 Å².